The molecule has 1 amide bonds. The molecule has 1 aliphatic rings. The quantitative estimate of drug-likeness (QED) is 0.915. The Bertz CT molecular complexity index is 467. The number of nitrogens with zero attached hydrogens (tertiary/aromatic N) is 1. The molecule has 0 saturated carbocycles. The Hall–Kier alpha value is -1.07. The molecule has 4 nitrogen and oxygen atoms in total. The SMILES string of the molecule is CNC1CCCN(C(=O)C(C)Oc2cccc(Br)c2)C1. The van der Waals surface area contributed by atoms with Gasteiger partial charge in [0.2, 0.25) is 0 Å². The number of hydrogen-bond acceptors (Lipinski definition) is 3. The van der Waals surface area contributed by atoms with Crippen molar-refractivity contribution < 1.29 is 9.53 Å². The topological polar surface area (TPSA) is 41.6 Å². The standard InChI is InChI=1S/C15H21BrN2O2/c1-11(20-14-7-3-5-12(16)9-14)15(19)18-8-4-6-13(10-18)17-2/h3,5,7,9,11,13,17H,4,6,8,10H2,1-2H3. The zero-order valence-corrected chi connectivity index (χ0v) is 13.5. The van der Waals surface area contributed by atoms with Crippen molar-refractivity contribution in [3.05, 3.63) is 28.7 Å². The highest BCUT2D eigenvalue weighted by Crippen LogP contribution is 2.20. The van der Waals surface area contributed by atoms with Gasteiger partial charge in [-0.2, -0.15) is 0 Å². The van der Waals surface area contributed by atoms with E-state index < -0.39 is 6.10 Å². The Labute approximate surface area is 128 Å². The summed E-state index contributed by atoms with van der Waals surface area (Å²) < 4.78 is 6.68. The maximum Gasteiger partial charge on any atom is 0.263 e. The lowest BCUT2D eigenvalue weighted by molar-refractivity contribution is -0.139. The second-order valence-corrected chi connectivity index (χ2v) is 6.05. The molecule has 110 valence electrons. The van der Waals surface area contributed by atoms with Gasteiger partial charge in [0.05, 0.1) is 0 Å². The normalized spacial score (nSPS) is 20.6. The van der Waals surface area contributed by atoms with Crippen molar-refractivity contribution >= 4 is 21.8 Å². The molecule has 1 aromatic carbocycles. The van der Waals surface area contributed by atoms with Crippen molar-refractivity contribution in [2.24, 2.45) is 0 Å². The molecule has 1 saturated heterocycles. The predicted molar refractivity (Wildman–Crippen MR) is 82.9 cm³/mol. The van der Waals surface area contributed by atoms with Crippen LogP contribution in [0.5, 0.6) is 5.75 Å². The number of piperidine rings is 1. The van der Waals surface area contributed by atoms with Crippen LogP contribution in [0, 0.1) is 0 Å². The van der Waals surface area contributed by atoms with Crippen molar-refractivity contribution in [3.8, 4) is 5.75 Å². The van der Waals surface area contributed by atoms with Crippen LogP contribution in [0.25, 0.3) is 0 Å². The zero-order chi connectivity index (χ0) is 14.5. The predicted octanol–water partition coefficient (Wildman–Crippen LogP) is 2.43. The van der Waals surface area contributed by atoms with Gasteiger partial charge >= 0.3 is 0 Å². The molecule has 0 spiro atoms. The van der Waals surface area contributed by atoms with E-state index in [0.29, 0.717) is 11.8 Å². The Kier molecular flexibility index (Phi) is 5.43. The Morgan fingerprint density at radius 2 is 2.35 bits per heavy atom. The molecule has 0 aromatic heterocycles. The summed E-state index contributed by atoms with van der Waals surface area (Å²) in [5, 5.41) is 3.24. The Morgan fingerprint density at radius 3 is 3.05 bits per heavy atom. The zero-order valence-electron chi connectivity index (χ0n) is 11.9. The Balaban J connectivity index is 1.94. The molecule has 5 heteroatoms. The third-order valence-corrected chi connectivity index (χ3v) is 4.09. The van der Waals surface area contributed by atoms with Crippen molar-refractivity contribution in [1.29, 1.82) is 0 Å². The van der Waals surface area contributed by atoms with E-state index in [1.54, 1.807) is 0 Å². The van der Waals surface area contributed by atoms with E-state index in [2.05, 4.69) is 21.2 Å². The minimum Gasteiger partial charge on any atom is -0.481 e. The number of ether oxygens (including phenoxy) is 1. The van der Waals surface area contributed by atoms with Crippen molar-refractivity contribution in [2.75, 3.05) is 20.1 Å². The minimum atomic E-state index is -0.458. The molecule has 1 fully saturated rings. The van der Waals surface area contributed by atoms with Crippen LogP contribution in [0.15, 0.2) is 28.7 Å². The third kappa shape index (κ3) is 3.96. The van der Waals surface area contributed by atoms with Crippen LogP contribution in [0.4, 0.5) is 0 Å². The number of likely N-dealkylation sites (N-methyl/N-ethyl adjacent to an activating group) is 1. The smallest absolute Gasteiger partial charge is 0.263 e. The van der Waals surface area contributed by atoms with E-state index >= 15 is 0 Å². The van der Waals surface area contributed by atoms with Crippen molar-refractivity contribution in [1.82, 2.24) is 10.2 Å². The van der Waals surface area contributed by atoms with Gasteiger partial charge < -0.3 is 15.0 Å². The van der Waals surface area contributed by atoms with Crippen LogP contribution in [-0.4, -0.2) is 43.1 Å². The average Bonchev–Trinajstić information content (AvgIpc) is 2.46. The van der Waals surface area contributed by atoms with Gasteiger partial charge in [0, 0.05) is 23.6 Å². The minimum absolute atomic E-state index is 0.0601. The first-order chi connectivity index (χ1) is 9.60. The number of halogens is 1. The van der Waals surface area contributed by atoms with Gasteiger partial charge in [-0.05, 0) is 45.0 Å². The number of hydrogen-bond donors (Lipinski definition) is 1. The number of rotatable bonds is 4. The maximum atomic E-state index is 12.4. The van der Waals surface area contributed by atoms with Gasteiger partial charge in [-0.1, -0.05) is 22.0 Å². The van der Waals surface area contributed by atoms with Crippen LogP contribution in [-0.2, 0) is 4.79 Å². The Morgan fingerprint density at radius 1 is 1.55 bits per heavy atom. The summed E-state index contributed by atoms with van der Waals surface area (Å²) in [7, 11) is 1.94. The second-order valence-electron chi connectivity index (χ2n) is 5.13. The molecule has 0 aliphatic carbocycles. The van der Waals surface area contributed by atoms with Gasteiger partial charge in [0.15, 0.2) is 6.10 Å². The van der Waals surface area contributed by atoms with Crippen LogP contribution in [0.1, 0.15) is 19.8 Å². The molecule has 1 aromatic rings. The second kappa shape index (κ2) is 7.09. The number of benzene rings is 1. The molecular weight excluding hydrogens is 320 g/mol. The van der Waals surface area contributed by atoms with E-state index in [1.807, 2.05) is 43.1 Å². The molecule has 20 heavy (non-hydrogen) atoms. The maximum absolute atomic E-state index is 12.4. The van der Waals surface area contributed by atoms with E-state index in [1.165, 1.54) is 0 Å². The molecule has 1 aliphatic heterocycles. The van der Waals surface area contributed by atoms with Crippen LogP contribution in [0.3, 0.4) is 0 Å². The summed E-state index contributed by atoms with van der Waals surface area (Å²) in [5.41, 5.74) is 0. The lowest BCUT2D eigenvalue weighted by Crippen LogP contribution is -2.50. The molecule has 0 bridgehead atoms. The molecule has 2 atom stereocenters. The average molecular weight is 341 g/mol. The van der Waals surface area contributed by atoms with E-state index in [0.717, 1.165) is 30.4 Å². The summed E-state index contributed by atoms with van der Waals surface area (Å²) in [6.07, 6.45) is 1.71. The van der Waals surface area contributed by atoms with Gasteiger partial charge in [-0.25, -0.2) is 0 Å². The number of carbonyl (C=O) groups is 1. The first kappa shape index (κ1) is 15.3. The highest BCUT2D eigenvalue weighted by molar-refractivity contribution is 9.10. The van der Waals surface area contributed by atoms with Crippen LogP contribution >= 0.6 is 15.9 Å². The molecule has 2 rings (SSSR count). The van der Waals surface area contributed by atoms with E-state index in [4.69, 9.17) is 4.74 Å². The summed E-state index contributed by atoms with van der Waals surface area (Å²) in [6.45, 7) is 3.40. The van der Waals surface area contributed by atoms with Crippen molar-refractivity contribution in [2.45, 2.75) is 31.9 Å². The number of amides is 1. The molecule has 1 heterocycles. The van der Waals surface area contributed by atoms with Crippen molar-refractivity contribution in [3.63, 3.8) is 0 Å². The fourth-order valence-corrected chi connectivity index (χ4v) is 2.84. The fourth-order valence-electron chi connectivity index (χ4n) is 2.46. The lowest BCUT2D eigenvalue weighted by atomic mass is 10.1. The largest absolute Gasteiger partial charge is 0.481 e. The highest BCUT2D eigenvalue weighted by Gasteiger charge is 2.27. The van der Waals surface area contributed by atoms with Gasteiger partial charge in [-0.3, -0.25) is 4.79 Å². The monoisotopic (exact) mass is 340 g/mol. The number of carbonyl (C=O) groups excluding carboxylic acids is 1. The highest BCUT2D eigenvalue weighted by atomic mass is 79.9. The summed E-state index contributed by atoms with van der Waals surface area (Å²) in [5.74, 6) is 0.771. The molecular formula is C15H21BrN2O2. The van der Waals surface area contributed by atoms with Gasteiger partial charge in [0.25, 0.3) is 5.91 Å². The molecule has 2 unspecified atom stereocenters. The summed E-state index contributed by atoms with van der Waals surface area (Å²) in [6, 6.07) is 7.96. The van der Waals surface area contributed by atoms with Gasteiger partial charge in [-0.15, -0.1) is 0 Å². The van der Waals surface area contributed by atoms with Crippen LogP contribution < -0.4 is 10.1 Å². The third-order valence-electron chi connectivity index (χ3n) is 3.60. The lowest BCUT2D eigenvalue weighted by Gasteiger charge is -2.34. The number of nitrogens with one attached hydrogen (secondary N) is 1. The fraction of sp³-hybridized carbons (Fsp3) is 0.533. The van der Waals surface area contributed by atoms with Crippen LogP contribution in [0.2, 0.25) is 0 Å². The van der Waals surface area contributed by atoms with E-state index in [-0.39, 0.29) is 5.91 Å². The first-order valence-electron chi connectivity index (χ1n) is 6.98. The number of likely N-dealkylation sites (tertiary alicyclic amines) is 1. The summed E-state index contributed by atoms with van der Waals surface area (Å²) in [4.78, 5) is 14.3. The van der Waals surface area contributed by atoms with Gasteiger partial charge in [0.1, 0.15) is 5.75 Å². The molecule has 0 radical (unpaired) electrons. The van der Waals surface area contributed by atoms with E-state index in [9.17, 15) is 4.79 Å². The summed E-state index contributed by atoms with van der Waals surface area (Å²) >= 11 is 3.40. The first-order valence-corrected chi connectivity index (χ1v) is 7.77. The molecule has 1 N–H and O–H groups in total.